The summed E-state index contributed by atoms with van der Waals surface area (Å²) in [7, 11) is 0. The maximum atomic E-state index is 5.42. The molecule has 0 aliphatic heterocycles. The van der Waals surface area contributed by atoms with Gasteiger partial charge in [0.15, 0.2) is 0 Å². The summed E-state index contributed by atoms with van der Waals surface area (Å²) in [5, 5.41) is 0. The molecule has 0 saturated carbocycles. The van der Waals surface area contributed by atoms with E-state index in [1.165, 1.54) is 0 Å². The van der Waals surface area contributed by atoms with Crippen LogP contribution in [0.1, 0.15) is 6.92 Å². The molecule has 0 heterocycles. The third kappa shape index (κ3) is 27.6. The first kappa shape index (κ1) is 29.6. The van der Waals surface area contributed by atoms with E-state index in [-0.39, 0.29) is 0 Å². The molecule has 2 N–H and O–H groups in total. The predicted molar refractivity (Wildman–Crippen MR) is 112 cm³/mol. The van der Waals surface area contributed by atoms with E-state index in [4.69, 9.17) is 48.4 Å². The molecule has 0 amide bonds. The number of hydrogen-bond acceptors (Lipinski definition) is 10. The molecule has 0 atom stereocenters. The average molecular weight is 442 g/mol. The lowest BCUT2D eigenvalue weighted by Gasteiger charge is -2.08. The second-order valence-corrected chi connectivity index (χ2v) is 5.88. The van der Waals surface area contributed by atoms with Crippen molar-refractivity contribution in [2.75, 3.05) is 125 Å². The van der Waals surface area contributed by atoms with Crippen LogP contribution in [0.4, 0.5) is 0 Å². The maximum Gasteiger partial charge on any atom is 0.0701 e. The average Bonchev–Trinajstić information content (AvgIpc) is 2.76. The maximum absolute atomic E-state index is 5.42. The fourth-order valence-corrected chi connectivity index (χ4v) is 1.99. The molecule has 0 rings (SSSR count). The Labute approximate surface area is 181 Å². The standard InChI is InChI=1S/C20H43NO9/c1-2-22-5-6-24-9-10-26-13-14-28-17-18-30-20-19-29-16-15-27-12-11-25-8-7-23-4-3-21/h2-21H2,1H3. The van der Waals surface area contributed by atoms with E-state index >= 15 is 0 Å². The molecule has 0 saturated heterocycles. The number of hydrogen-bond donors (Lipinski definition) is 1. The highest BCUT2D eigenvalue weighted by molar-refractivity contribution is 4.38. The molecular weight excluding hydrogens is 398 g/mol. The highest BCUT2D eigenvalue weighted by atomic mass is 16.6. The van der Waals surface area contributed by atoms with Crippen LogP contribution in [-0.2, 0) is 42.6 Å². The molecule has 0 aliphatic carbocycles. The van der Waals surface area contributed by atoms with Crippen LogP contribution in [0, 0.1) is 0 Å². The summed E-state index contributed by atoms with van der Waals surface area (Å²) >= 11 is 0. The molecule has 10 heteroatoms. The Balaban J connectivity index is 2.97. The molecule has 0 bridgehead atoms. The minimum atomic E-state index is 0.532. The van der Waals surface area contributed by atoms with Crippen LogP contribution in [0.25, 0.3) is 0 Å². The molecule has 0 spiro atoms. The Morgan fingerprint density at radius 3 is 0.733 bits per heavy atom. The molecular formula is C20H43NO9. The van der Waals surface area contributed by atoms with Crippen molar-refractivity contribution in [1.82, 2.24) is 0 Å². The molecule has 0 unspecified atom stereocenters. The molecule has 0 aromatic rings. The summed E-state index contributed by atoms with van der Waals surface area (Å²) in [4.78, 5) is 0. The van der Waals surface area contributed by atoms with Crippen molar-refractivity contribution in [3.8, 4) is 0 Å². The van der Waals surface area contributed by atoms with Crippen molar-refractivity contribution >= 4 is 0 Å². The topological polar surface area (TPSA) is 109 Å². The summed E-state index contributed by atoms with van der Waals surface area (Å²) in [6.45, 7) is 12.6. The second kappa shape index (κ2) is 28.6. The zero-order chi connectivity index (χ0) is 21.8. The van der Waals surface area contributed by atoms with Crippen molar-refractivity contribution in [3.63, 3.8) is 0 Å². The van der Waals surface area contributed by atoms with Gasteiger partial charge in [-0.05, 0) is 6.92 Å². The normalized spacial score (nSPS) is 11.4. The van der Waals surface area contributed by atoms with E-state index in [2.05, 4.69) is 0 Å². The first-order valence-electron chi connectivity index (χ1n) is 10.8. The summed E-state index contributed by atoms with van der Waals surface area (Å²) in [5.74, 6) is 0. The molecule has 0 aromatic heterocycles. The van der Waals surface area contributed by atoms with Gasteiger partial charge < -0.3 is 48.4 Å². The zero-order valence-electron chi connectivity index (χ0n) is 18.7. The third-order valence-electron chi connectivity index (χ3n) is 3.44. The monoisotopic (exact) mass is 441 g/mol. The van der Waals surface area contributed by atoms with Gasteiger partial charge in [-0.2, -0.15) is 0 Å². The first-order chi connectivity index (χ1) is 14.9. The van der Waals surface area contributed by atoms with Gasteiger partial charge in [-0.1, -0.05) is 0 Å². The zero-order valence-corrected chi connectivity index (χ0v) is 18.7. The highest BCUT2D eigenvalue weighted by Crippen LogP contribution is 1.86. The minimum Gasteiger partial charge on any atom is -0.379 e. The van der Waals surface area contributed by atoms with Crippen LogP contribution in [0.5, 0.6) is 0 Å². The Morgan fingerprint density at radius 2 is 0.533 bits per heavy atom. The van der Waals surface area contributed by atoms with Gasteiger partial charge in [0.05, 0.1) is 112 Å². The van der Waals surface area contributed by atoms with Crippen molar-refractivity contribution in [2.24, 2.45) is 5.73 Å². The van der Waals surface area contributed by atoms with Crippen LogP contribution in [0.3, 0.4) is 0 Å². The highest BCUT2D eigenvalue weighted by Gasteiger charge is 1.95. The SMILES string of the molecule is CCOCCOCCOCCOCCOCCOCCOCCOCCOCCN. The van der Waals surface area contributed by atoms with Gasteiger partial charge in [0.2, 0.25) is 0 Å². The molecule has 0 fully saturated rings. The van der Waals surface area contributed by atoms with Crippen molar-refractivity contribution in [1.29, 1.82) is 0 Å². The van der Waals surface area contributed by atoms with Crippen LogP contribution in [-0.4, -0.2) is 125 Å². The molecule has 0 aliphatic rings. The van der Waals surface area contributed by atoms with Crippen LogP contribution >= 0.6 is 0 Å². The predicted octanol–water partition coefficient (Wildman–Crippen LogP) is 0.114. The van der Waals surface area contributed by atoms with Gasteiger partial charge in [0, 0.05) is 13.2 Å². The lowest BCUT2D eigenvalue weighted by molar-refractivity contribution is -0.0246. The van der Waals surface area contributed by atoms with E-state index in [1.54, 1.807) is 0 Å². The Bertz CT molecular complexity index is 273. The Kier molecular flexibility index (Phi) is 28.2. The number of rotatable bonds is 27. The van der Waals surface area contributed by atoms with Gasteiger partial charge in [-0.25, -0.2) is 0 Å². The largest absolute Gasteiger partial charge is 0.379 e. The van der Waals surface area contributed by atoms with Gasteiger partial charge in [-0.3, -0.25) is 0 Å². The third-order valence-corrected chi connectivity index (χ3v) is 3.44. The van der Waals surface area contributed by atoms with Crippen molar-refractivity contribution in [2.45, 2.75) is 6.92 Å². The number of nitrogens with two attached hydrogens (primary N) is 1. The van der Waals surface area contributed by atoms with E-state index < -0.39 is 0 Å². The van der Waals surface area contributed by atoms with Crippen LogP contribution in [0.2, 0.25) is 0 Å². The lowest BCUT2D eigenvalue weighted by atomic mass is 10.6. The summed E-state index contributed by atoms with van der Waals surface area (Å²) < 4.78 is 48.1. The van der Waals surface area contributed by atoms with Gasteiger partial charge in [-0.15, -0.1) is 0 Å². The second-order valence-electron chi connectivity index (χ2n) is 5.88. The van der Waals surface area contributed by atoms with E-state index in [9.17, 15) is 0 Å². The summed E-state index contributed by atoms with van der Waals surface area (Å²) in [5.41, 5.74) is 5.31. The molecule has 30 heavy (non-hydrogen) atoms. The fourth-order valence-electron chi connectivity index (χ4n) is 1.99. The van der Waals surface area contributed by atoms with Crippen LogP contribution < -0.4 is 5.73 Å². The summed E-state index contributed by atoms with van der Waals surface area (Å²) in [6, 6.07) is 0. The van der Waals surface area contributed by atoms with Crippen molar-refractivity contribution < 1.29 is 42.6 Å². The fraction of sp³-hybridized carbons (Fsp3) is 1.00. The smallest absolute Gasteiger partial charge is 0.0701 e. The summed E-state index contributed by atoms with van der Waals surface area (Å²) in [6.07, 6.45) is 0. The molecule has 182 valence electrons. The van der Waals surface area contributed by atoms with Crippen LogP contribution in [0.15, 0.2) is 0 Å². The van der Waals surface area contributed by atoms with E-state index in [0.29, 0.717) is 125 Å². The Morgan fingerprint density at radius 1 is 0.333 bits per heavy atom. The van der Waals surface area contributed by atoms with Gasteiger partial charge in [0.1, 0.15) is 0 Å². The van der Waals surface area contributed by atoms with E-state index in [0.717, 1.165) is 0 Å². The molecule has 0 radical (unpaired) electrons. The van der Waals surface area contributed by atoms with Gasteiger partial charge in [0.25, 0.3) is 0 Å². The molecule has 0 aromatic carbocycles. The minimum absolute atomic E-state index is 0.532. The molecule has 10 nitrogen and oxygen atoms in total. The van der Waals surface area contributed by atoms with Crippen molar-refractivity contribution in [3.05, 3.63) is 0 Å². The Hall–Kier alpha value is -0.400. The number of ether oxygens (including phenoxy) is 9. The van der Waals surface area contributed by atoms with Gasteiger partial charge >= 0.3 is 0 Å². The first-order valence-corrected chi connectivity index (χ1v) is 10.8. The van der Waals surface area contributed by atoms with E-state index in [1.807, 2.05) is 6.92 Å². The lowest BCUT2D eigenvalue weighted by Crippen LogP contribution is -2.15. The quantitative estimate of drug-likeness (QED) is 0.176.